The number of aromatic hydroxyl groups is 1. The Morgan fingerprint density at radius 2 is 1.86 bits per heavy atom. The van der Waals surface area contributed by atoms with Gasteiger partial charge in [0.15, 0.2) is 0 Å². The molecule has 1 atom stereocenters. The first-order valence-electron chi connectivity index (χ1n) is 5.05. The quantitative estimate of drug-likeness (QED) is 0.773. The Hall–Kier alpha value is -1.02. The molecule has 2 heteroatoms. The molecule has 0 bridgehead atoms. The molecule has 0 saturated carbocycles. The van der Waals surface area contributed by atoms with Gasteiger partial charge >= 0.3 is 0 Å². The lowest BCUT2D eigenvalue weighted by Gasteiger charge is -2.09. The van der Waals surface area contributed by atoms with Crippen LogP contribution in [0.3, 0.4) is 0 Å². The Labute approximate surface area is 85.8 Å². The molecule has 0 aromatic heterocycles. The average Bonchev–Trinajstić information content (AvgIpc) is 2.09. The van der Waals surface area contributed by atoms with Gasteiger partial charge in [0.05, 0.1) is 0 Å². The number of aryl methyl sites for hydroxylation is 3. The lowest BCUT2D eigenvalue weighted by molar-refractivity contribution is 0.465. The molecule has 1 aromatic rings. The second kappa shape index (κ2) is 4.47. The predicted molar refractivity (Wildman–Crippen MR) is 59.6 cm³/mol. The van der Waals surface area contributed by atoms with Crippen molar-refractivity contribution in [2.75, 3.05) is 0 Å². The highest BCUT2D eigenvalue weighted by Gasteiger charge is 2.05. The SMILES string of the molecule is Cc1cc(O)c(CC[C@H](C)N)cc1C. The monoisotopic (exact) mass is 193 g/mol. The molecule has 0 spiro atoms. The van der Waals surface area contributed by atoms with Gasteiger partial charge in [-0.25, -0.2) is 0 Å². The molecule has 1 rings (SSSR count). The number of nitrogens with two attached hydrogens (primary N) is 1. The Balaban J connectivity index is 2.82. The molecule has 0 fully saturated rings. The summed E-state index contributed by atoms with van der Waals surface area (Å²) in [6.45, 7) is 6.05. The summed E-state index contributed by atoms with van der Waals surface area (Å²) in [4.78, 5) is 0. The van der Waals surface area contributed by atoms with E-state index in [-0.39, 0.29) is 6.04 Å². The van der Waals surface area contributed by atoms with Crippen LogP contribution in [0.25, 0.3) is 0 Å². The Kier molecular flexibility index (Phi) is 3.53. The van der Waals surface area contributed by atoms with E-state index in [1.165, 1.54) is 5.56 Å². The average molecular weight is 193 g/mol. The molecule has 0 unspecified atom stereocenters. The second-order valence-electron chi connectivity index (χ2n) is 4.08. The Morgan fingerprint density at radius 1 is 1.29 bits per heavy atom. The maximum absolute atomic E-state index is 9.69. The van der Waals surface area contributed by atoms with Crippen LogP contribution in [0.1, 0.15) is 30.0 Å². The van der Waals surface area contributed by atoms with Gasteiger partial charge < -0.3 is 10.8 Å². The third-order valence-corrected chi connectivity index (χ3v) is 2.56. The van der Waals surface area contributed by atoms with Crippen LogP contribution in [0, 0.1) is 13.8 Å². The van der Waals surface area contributed by atoms with Crippen molar-refractivity contribution in [2.45, 2.75) is 39.7 Å². The number of benzene rings is 1. The number of hydrogen-bond donors (Lipinski definition) is 2. The fourth-order valence-electron chi connectivity index (χ4n) is 1.44. The van der Waals surface area contributed by atoms with Crippen LogP contribution in [0.4, 0.5) is 0 Å². The number of phenolic OH excluding ortho intramolecular Hbond substituents is 1. The van der Waals surface area contributed by atoms with Crippen molar-refractivity contribution >= 4 is 0 Å². The van der Waals surface area contributed by atoms with Gasteiger partial charge in [-0.05, 0) is 56.4 Å². The summed E-state index contributed by atoms with van der Waals surface area (Å²) in [7, 11) is 0. The summed E-state index contributed by atoms with van der Waals surface area (Å²) in [5.74, 6) is 0.397. The van der Waals surface area contributed by atoms with E-state index in [1.807, 2.05) is 26.0 Å². The summed E-state index contributed by atoms with van der Waals surface area (Å²) < 4.78 is 0. The smallest absolute Gasteiger partial charge is 0.119 e. The van der Waals surface area contributed by atoms with Gasteiger partial charge in [-0.3, -0.25) is 0 Å². The van der Waals surface area contributed by atoms with Crippen LogP contribution < -0.4 is 5.73 Å². The Morgan fingerprint density at radius 3 is 2.43 bits per heavy atom. The van der Waals surface area contributed by atoms with Gasteiger partial charge in [-0.2, -0.15) is 0 Å². The molecule has 78 valence electrons. The maximum Gasteiger partial charge on any atom is 0.119 e. The van der Waals surface area contributed by atoms with Gasteiger partial charge in [0, 0.05) is 6.04 Å². The molecule has 0 saturated heterocycles. The van der Waals surface area contributed by atoms with Gasteiger partial charge in [-0.1, -0.05) is 6.07 Å². The molecule has 0 radical (unpaired) electrons. The zero-order valence-electron chi connectivity index (χ0n) is 9.17. The fourth-order valence-corrected chi connectivity index (χ4v) is 1.44. The molecule has 1 aromatic carbocycles. The van der Waals surface area contributed by atoms with Crippen molar-refractivity contribution in [3.63, 3.8) is 0 Å². The van der Waals surface area contributed by atoms with Crippen molar-refractivity contribution in [3.8, 4) is 5.75 Å². The van der Waals surface area contributed by atoms with E-state index in [4.69, 9.17) is 5.73 Å². The van der Waals surface area contributed by atoms with Crippen molar-refractivity contribution in [1.29, 1.82) is 0 Å². The third kappa shape index (κ3) is 2.74. The van der Waals surface area contributed by atoms with Crippen LogP contribution in [-0.2, 0) is 6.42 Å². The molecule has 0 aliphatic heterocycles. The number of rotatable bonds is 3. The second-order valence-corrected chi connectivity index (χ2v) is 4.08. The maximum atomic E-state index is 9.69. The van der Waals surface area contributed by atoms with Crippen molar-refractivity contribution in [2.24, 2.45) is 5.73 Å². The highest BCUT2D eigenvalue weighted by atomic mass is 16.3. The van der Waals surface area contributed by atoms with Crippen LogP contribution in [0.15, 0.2) is 12.1 Å². The van der Waals surface area contributed by atoms with E-state index in [9.17, 15) is 5.11 Å². The van der Waals surface area contributed by atoms with E-state index < -0.39 is 0 Å². The zero-order chi connectivity index (χ0) is 10.7. The summed E-state index contributed by atoms with van der Waals surface area (Å²) in [6, 6.07) is 4.06. The zero-order valence-corrected chi connectivity index (χ0v) is 9.17. The van der Waals surface area contributed by atoms with Crippen molar-refractivity contribution < 1.29 is 5.11 Å². The minimum Gasteiger partial charge on any atom is -0.508 e. The predicted octanol–water partition coefficient (Wildman–Crippen LogP) is 2.29. The molecule has 0 amide bonds. The highest BCUT2D eigenvalue weighted by Crippen LogP contribution is 2.23. The molecular weight excluding hydrogens is 174 g/mol. The molecule has 14 heavy (non-hydrogen) atoms. The first kappa shape index (κ1) is 11.1. The van der Waals surface area contributed by atoms with E-state index in [0.717, 1.165) is 24.0 Å². The minimum atomic E-state index is 0.191. The van der Waals surface area contributed by atoms with E-state index in [0.29, 0.717) is 5.75 Å². The summed E-state index contributed by atoms with van der Waals surface area (Å²) in [5.41, 5.74) is 9.04. The van der Waals surface area contributed by atoms with Crippen molar-refractivity contribution in [1.82, 2.24) is 0 Å². The third-order valence-electron chi connectivity index (χ3n) is 2.56. The molecule has 0 aliphatic carbocycles. The topological polar surface area (TPSA) is 46.2 Å². The molecule has 0 heterocycles. The minimum absolute atomic E-state index is 0.191. The number of phenols is 1. The summed E-state index contributed by atoms with van der Waals surface area (Å²) in [6.07, 6.45) is 1.76. The van der Waals surface area contributed by atoms with E-state index in [1.54, 1.807) is 0 Å². The van der Waals surface area contributed by atoms with Crippen LogP contribution in [0.2, 0.25) is 0 Å². The molecular formula is C12H19NO. The molecule has 0 aliphatic rings. The van der Waals surface area contributed by atoms with E-state index >= 15 is 0 Å². The van der Waals surface area contributed by atoms with Gasteiger partial charge in [0.25, 0.3) is 0 Å². The summed E-state index contributed by atoms with van der Waals surface area (Å²) in [5, 5.41) is 9.69. The number of hydrogen-bond acceptors (Lipinski definition) is 2. The normalized spacial score (nSPS) is 12.9. The van der Waals surface area contributed by atoms with Crippen molar-refractivity contribution in [3.05, 3.63) is 28.8 Å². The largest absolute Gasteiger partial charge is 0.508 e. The lowest BCUT2D eigenvalue weighted by Crippen LogP contribution is -2.15. The Bertz CT molecular complexity index is 318. The van der Waals surface area contributed by atoms with Crippen LogP contribution in [-0.4, -0.2) is 11.1 Å². The van der Waals surface area contributed by atoms with Gasteiger partial charge in [0.2, 0.25) is 0 Å². The van der Waals surface area contributed by atoms with E-state index in [2.05, 4.69) is 6.92 Å². The summed E-state index contributed by atoms with van der Waals surface area (Å²) >= 11 is 0. The first-order valence-corrected chi connectivity index (χ1v) is 5.05. The van der Waals surface area contributed by atoms with Crippen LogP contribution in [0.5, 0.6) is 5.75 Å². The molecule has 2 nitrogen and oxygen atoms in total. The highest BCUT2D eigenvalue weighted by molar-refractivity contribution is 5.40. The molecule has 3 N–H and O–H groups in total. The fraction of sp³-hybridized carbons (Fsp3) is 0.500. The lowest BCUT2D eigenvalue weighted by atomic mass is 10.0. The standard InChI is InChI=1S/C12H19NO/c1-8-6-11(5-4-10(3)13)12(14)7-9(8)2/h6-7,10,14H,4-5,13H2,1-3H3/t10-/m0/s1. The first-order chi connectivity index (χ1) is 6.50. The van der Waals surface area contributed by atoms with Crippen LogP contribution >= 0.6 is 0 Å². The van der Waals surface area contributed by atoms with Gasteiger partial charge in [0.1, 0.15) is 5.75 Å². The van der Waals surface area contributed by atoms with Gasteiger partial charge in [-0.15, -0.1) is 0 Å².